The molecule has 0 bridgehead atoms. The fourth-order valence-corrected chi connectivity index (χ4v) is 4.28. The number of Topliss-reactive ketones (excluding diaryl/α,β-unsaturated/α-hetero) is 1. The molecule has 1 aromatic carbocycles. The van der Waals surface area contributed by atoms with Gasteiger partial charge in [0.2, 0.25) is 0 Å². The van der Waals surface area contributed by atoms with E-state index in [0.29, 0.717) is 25.0 Å². The molecule has 0 fully saturated rings. The van der Waals surface area contributed by atoms with Crippen LogP contribution in [0, 0.1) is 10.9 Å². The summed E-state index contributed by atoms with van der Waals surface area (Å²) in [6.07, 6.45) is 0. The number of fused-ring (bicyclic) bond motifs is 1. The molecule has 0 aliphatic rings. The van der Waals surface area contributed by atoms with E-state index in [1.54, 1.807) is 18.7 Å². The normalized spacial score (nSPS) is 11.1. The minimum atomic E-state index is -0.137. The summed E-state index contributed by atoms with van der Waals surface area (Å²) in [4.78, 5) is 29.3. The summed E-state index contributed by atoms with van der Waals surface area (Å²) in [7, 11) is 3.45. The van der Waals surface area contributed by atoms with Crippen LogP contribution in [0.25, 0.3) is 10.3 Å². The van der Waals surface area contributed by atoms with Crippen molar-refractivity contribution in [2.24, 2.45) is 14.1 Å². The number of aryl methyl sites for hydroxylation is 2. The Morgan fingerprint density at radius 3 is 2.58 bits per heavy atom. The van der Waals surface area contributed by atoms with Crippen LogP contribution in [0.5, 0.6) is 0 Å². The first-order chi connectivity index (χ1) is 11.4. The van der Waals surface area contributed by atoms with Gasteiger partial charge in [0.15, 0.2) is 20.5 Å². The molecule has 0 aliphatic carbocycles. The van der Waals surface area contributed by atoms with Crippen LogP contribution in [0.1, 0.15) is 15.9 Å². The molecule has 3 rings (SSSR count). The van der Waals surface area contributed by atoms with E-state index < -0.39 is 0 Å². The van der Waals surface area contributed by atoms with Gasteiger partial charge in [-0.2, -0.15) is 0 Å². The third kappa shape index (κ3) is 3.09. The summed E-state index contributed by atoms with van der Waals surface area (Å²) in [6, 6.07) is 7.45. The summed E-state index contributed by atoms with van der Waals surface area (Å²) in [5.74, 6) is 0.233. The first-order valence-electron chi connectivity index (χ1n) is 7.17. The second kappa shape index (κ2) is 6.62. The Kier molecular flexibility index (Phi) is 4.71. The number of carbonyl (C=O) groups is 1. The molecule has 0 saturated heterocycles. The van der Waals surface area contributed by atoms with Crippen molar-refractivity contribution in [3.8, 4) is 0 Å². The van der Waals surface area contributed by atoms with Crippen molar-refractivity contribution in [1.82, 2.24) is 14.1 Å². The van der Waals surface area contributed by atoms with E-state index >= 15 is 0 Å². The number of carbonyl (C=O) groups excluding carboxylic acids is 1. The molecule has 0 radical (unpaired) electrons. The fraction of sp³-hybridized carbons (Fsp3) is 0.250. The maximum Gasteiger partial charge on any atom is 0.273 e. The molecule has 5 nitrogen and oxygen atoms in total. The number of rotatable bonds is 4. The van der Waals surface area contributed by atoms with E-state index in [9.17, 15) is 9.59 Å². The minimum Gasteiger partial charge on any atom is -0.311 e. The number of aromatic nitrogens is 3. The molecule has 0 unspecified atom stereocenters. The molecule has 3 aromatic rings. The Morgan fingerprint density at radius 1 is 1.25 bits per heavy atom. The average molecular weight is 378 g/mol. The molecule has 0 amide bonds. The maximum atomic E-state index is 12.4. The van der Waals surface area contributed by atoms with Crippen LogP contribution >= 0.6 is 35.3 Å². The van der Waals surface area contributed by atoms with Gasteiger partial charge >= 0.3 is 0 Å². The van der Waals surface area contributed by atoms with Gasteiger partial charge in [0.05, 0.1) is 5.75 Å². The Labute approximate surface area is 152 Å². The number of hydrogen-bond donors (Lipinski definition) is 0. The molecule has 2 heterocycles. The van der Waals surface area contributed by atoms with Crippen LogP contribution in [0.15, 0.2) is 34.2 Å². The van der Waals surface area contributed by atoms with Crippen molar-refractivity contribution in [2.75, 3.05) is 5.75 Å². The Bertz CT molecular complexity index is 1050. The van der Waals surface area contributed by atoms with E-state index in [1.807, 2.05) is 31.2 Å². The lowest BCUT2D eigenvalue weighted by molar-refractivity contribution is 0.102. The smallest absolute Gasteiger partial charge is 0.273 e. The lowest BCUT2D eigenvalue weighted by Crippen LogP contribution is -2.20. The highest BCUT2D eigenvalue weighted by molar-refractivity contribution is 7.99. The number of hydrogen-bond acceptors (Lipinski definition) is 6. The van der Waals surface area contributed by atoms with Crippen molar-refractivity contribution in [1.29, 1.82) is 0 Å². The SMILES string of the molecule is Cc1ccc(C(=O)CSc2nc3c(sc(=S)n3C)c(=O)n2C)cc1. The van der Waals surface area contributed by atoms with Gasteiger partial charge in [-0.05, 0) is 19.1 Å². The highest BCUT2D eigenvalue weighted by atomic mass is 32.2. The maximum absolute atomic E-state index is 12.4. The van der Waals surface area contributed by atoms with Gasteiger partial charge in [0.1, 0.15) is 4.70 Å². The highest BCUT2D eigenvalue weighted by Gasteiger charge is 2.15. The molecular formula is C16H15N3O2S3. The number of ketones is 1. The topological polar surface area (TPSA) is 56.9 Å². The predicted octanol–water partition coefficient (Wildman–Crippen LogP) is 3.35. The standard InChI is InChI=1S/C16H15N3O2S3/c1-9-4-6-10(7-5-9)11(20)8-23-15-17-13-12(14(21)19(15)3)24-16(22)18(13)2/h4-7H,8H2,1-3H3. The van der Waals surface area contributed by atoms with Crippen molar-refractivity contribution in [3.63, 3.8) is 0 Å². The lowest BCUT2D eigenvalue weighted by atomic mass is 10.1. The third-order valence-corrected chi connectivity index (χ3v) is 6.24. The van der Waals surface area contributed by atoms with E-state index in [0.717, 1.165) is 5.56 Å². The van der Waals surface area contributed by atoms with E-state index in [-0.39, 0.29) is 17.1 Å². The molecule has 2 aromatic heterocycles. The zero-order valence-electron chi connectivity index (χ0n) is 13.4. The van der Waals surface area contributed by atoms with E-state index in [1.165, 1.54) is 27.7 Å². The molecule has 0 saturated carbocycles. The Hall–Kier alpha value is -1.77. The summed E-state index contributed by atoms with van der Waals surface area (Å²) in [6.45, 7) is 1.98. The van der Waals surface area contributed by atoms with Gasteiger partial charge in [-0.3, -0.25) is 14.2 Å². The Morgan fingerprint density at radius 2 is 1.92 bits per heavy atom. The predicted molar refractivity (Wildman–Crippen MR) is 101 cm³/mol. The van der Waals surface area contributed by atoms with E-state index in [2.05, 4.69) is 4.98 Å². The van der Waals surface area contributed by atoms with Gasteiger partial charge in [0.25, 0.3) is 5.56 Å². The van der Waals surface area contributed by atoms with Crippen molar-refractivity contribution in [3.05, 3.63) is 49.7 Å². The number of thiazole rings is 1. The largest absolute Gasteiger partial charge is 0.311 e. The van der Waals surface area contributed by atoms with E-state index in [4.69, 9.17) is 12.2 Å². The number of thioether (sulfide) groups is 1. The highest BCUT2D eigenvalue weighted by Crippen LogP contribution is 2.22. The van der Waals surface area contributed by atoms with Crippen molar-refractivity contribution >= 4 is 51.4 Å². The summed E-state index contributed by atoms with van der Waals surface area (Å²) >= 11 is 7.73. The molecule has 0 spiro atoms. The van der Waals surface area contributed by atoms with Gasteiger partial charge in [-0.15, -0.1) is 0 Å². The molecule has 0 aliphatic heterocycles. The first-order valence-corrected chi connectivity index (χ1v) is 9.38. The molecular weight excluding hydrogens is 362 g/mol. The van der Waals surface area contributed by atoms with Crippen LogP contribution in [-0.2, 0) is 14.1 Å². The number of benzene rings is 1. The third-order valence-electron chi connectivity index (χ3n) is 3.68. The zero-order valence-corrected chi connectivity index (χ0v) is 15.8. The van der Waals surface area contributed by atoms with Crippen LogP contribution in [0.3, 0.4) is 0 Å². The van der Waals surface area contributed by atoms with Crippen LogP contribution in [-0.4, -0.2) is 25.7 Å². The fourth-order valence-electron chi connectivity index (χ4n) is 2.19. The zero-order chi connectivity index (χ0) is 17.4. The molecule has 0 N–H and O–H groups in total. The van der Waals surface area contributed by atoms with Gasteiger partial charge < -0.3 is 4.57 Å². The Balaban J connectivity index is 1.90. The van der Waals surface area contributed by atoms with Gasteiger partial charge in [-0.1, -0.05) is 52.9 Å². The second-order valence-corrected chi connectivity index (χ2v) is 8.00. The summed E-state index contributed by atoms with van der Waals surface area (Å²) in [5.41, 5.74) is 2.20. The molecule has 124 valence electrons. The lowest BCUT2D eigenvalue weighted by Gasteiger charge is -2.07. The summed E-state index contributed by atoms with van der Waals surface area (Å²) in [5, 5.41) is 0.511. The van der Waals surface area contributed by atoms with Crippen molar-refractivity contribution < 1.29 is 4.79 Å². The monoisotopic (exact) mass is 377 g/mol. The average Bonchev–Trinajstić information content (AvgIpc) is 2.85. The second-order valence-electron chi connectivity index (χ2n) is 5.42. The van der Waals surface area contributed by atoms with Crippen LogP contribution in [0.2, 0.25) is 0 Å². The van der Waals surface area contributed by atoms with Crippen LogP contribution < -0.4 is 5.56 Å². The molecule has 24 heavy (non-hydrogen) atoms. The van der Waals surface area contributed by atoms with Crippen molar-refractivity contribution in [2.45, 2.75) is 12.1 Å². The molecule has 8 heteroatoms. The van der Waals surface area contributed by atoms with Gasteiger partial charge in [-0.25, -0.2) is 4.98 Å². The number of nitrogens with zero attached hydrogens (tertiary/aromatic N) is 3. The minimum absolute atomic E-state index is 0.00741. The quantitative estimate of drug-likeness (QED) is 0.302. The molecule has 0 atom stereocenters. The van der Waals surface area contributed by atoms with Gasteiger partial charge in [0, 0.05) is 19.7 Å². The first kappa shape index (κ1) is 17.1. The summed E-state index contributed by atoms with van der Waals surface area (Å²) < 4.78 is 4.34. The van der Waals surface area contributed by atoms with Crippen LogP contribution in [0.4, 0.5) is 0 Å².